The molecule has 0 aromatic carbocycles. The second-order valence-electron chi connectivity index (χ2n) is 4.51. The van der Waals surface area contributed by atoms with E-state index < -0.39 is 22.4 Å². The van der Waals surface area contributed by atoms with Crippen LogP contribution in [0.15, 0.2) is 12.3 Å². The van der Waals surface area contributed by atoms with Gasteiger partial charge in [-0.3, -0.25) is 4.79 Å². The normalized spacial score (nSPS) is 10.5. The Morgan fingerprint density at radius 2 is 2.18 bits per heavy atom. The first-order chi connectivity index (χ1) is 10.4. The van der Waals surface area contributed by atoms with E-state index in [4.69, 9.17) is 4.74 Å². The molecule has 0 spiro atoms. The summed E-state index contributed by atoms with van der Waals surface area (Å²) in [5.74, 6) is -1.73. The highest BCUT2D eigenvalue weighted by Crippen LogP contribution is 2.28. The minimum atomic E-state index is -0.885. The van der Waals surface area contributed by atoms with Crippen molar-refractivity contribution in [1.29, 1.82) is 0 Å². The first-order valence-corrected chi connectivity index (χ1v) is 6.47. The second kappa shape index (κ2) is 5.80. The number of aromatic nitrogens is 2. The summed E-state index contributed by atoms with van der Waals surface area (Å²) >= 11 is 0. The van der Waals surface area contributed by atoms with E-state index in [1.165, 1.54) is 13.1 Å². The van der Waals surface area contributed by atoms with Crippen molar-refractivity contribution in [2.24, 2.45) is 0 Å². The summed E-state index contributed by atoms with van der Waals surface area (Å²) in [5.41, 5.74) is 0.695. The molecule has 2 aromatic rings. The number of aryl methyl sites for hydroxylation is 1. The lowest BCUT2D eigenvalue weighted by atomic mass is 10.2. The molecule has 0 aliphatic heterocycles. The molecule has 0 bridgehead atoms. The predicted octanol–water partition coefficient (Wildman–Crippen LogP) is 1.69. The number of carbonyl (C=O) groups excluding carboxylic acids is 2. The molecule has 0 unspecified atom stereocenters. The molecule has 0 saturated carbocycles. The lowest BCUT2D eigenvalue weighted by Gasteiger charge is -2.05. The van der Waals surface area contributed by atoms with Crippen LogP contribution in [-0.2, 0) is 9.53 Å². The van der Waals surface area contributed by atoms with Crippen LogP contribution >= 0.6 is 0 Å². The number of nitro groups is 1. The molecular formula is C13H14N4O5. The van der Waals surface area contributed by atoms with Gasteiger partial charge < -0.3 is 20.2 Å². The van der Waals surface area contributed by atoms with Crippen LogP contribution in [0.1, 0.15) is 29.9 Å². The third-order valence-corrected chi connectivity index (χ3v) is 2.92. The lowest BCUT2D eigenvalue weighted by molar-refractivity contribution is -0.390. The van der Waals surface area contributed by atoms with Gasteiger partial charge in [-0.05, 0) is 30.4 Å². The molecule has 2 heterocycles. The Labute approximate surface area is 125 Å². The molecule has 0 aliphatic rings. The van der Waals surface area contributed by atoms with E-state index in [0.717, 1.165) is 4.40 Å². The van der Waals surface area contributed by atoms with E-state index in [0.29, 0.717) is 11.3 Å². The summed E-state index contributed by atoms with van der Waals surface area (Å²) in [6.07, 6.45) is 1.42. The number of anilines is 1. The summed E-state index contributed by atoms with van der Waals surface area (Å²) in [4.78, 5) is 37.7. The first kappa shape index (κ1) is 15.4. The van der Waals surface area contributed by atoms with Crippen molar-refractivity contribution in [3.05, 3.63) is 33.6 Å². The summed E-state index contributed by atoms with van der Waals surface area (Å²) in [7, 11) is 0. The Morgan fingerprint density at radius 3 is 2.73 bits per heavy atom. The van der Waals surface area contributed by atoms with Gasteiger partial charge in [0.2, 0.25) is 11.6 Å². The zero-order valence-corrected chi connectivity index (χ0v) is 12.2. The fourth-order valence-electron chi connectivity index (χ4n) is 2.03. The number of imidazole rings is 1. The van der Waals surface area contributed by atoms with E-state index in [2.05, 4.69) is 10.3 Å². The number of nitrogens with zero attached hydrogens (tertiary/aromatic N) is 3. The van der Waals surface area contributed by atoms with Crippen LogP contribution < -0.4 is 5.32 Å². The minimum Gasteiger partial charge on any atom is -0.461 e. The van der Waals surface area contributed by atoms with Gasteiger partial charge in [-0.25, -0.2) is 4.79 Å². The van der Waals surface area contributed by atoms with Crippen LogP contribution in [0.5, 0.6) is 0 Å². The fourth-order valence-corrected chi connectivity index (χ4v) is 2.03. The highest BCUT2D eigenvalue weighted by Gasteiger charge is 2.31. The number of pyridine rings is 1. The quantitative estimate of drug-likeness (QED) is 0.522. The fraction of sp³-hybridized carbons (Fsp3) is 0.308. The second-order valence-corrected chi connectivity index (χ2v) is 4.51. The summed E-state index contributed by atoms with van der Waals surface area (Å²) < 4.78 is 5.94. The maximum Gasteiger partial charge on any atom is 0.365 e. The number of amides is 1. The molecule has 9 nitrogen and oxygen atoms in total. The van der Waals surface area contributed by atoms with E-state index in [-0.39, 0.29) is 18.2 Å². The molecule has 22 heavy (non-hydrogen) atoms. The molecule has 0 saturated heterocycles. The molecule has 0 atom stereocenters. The van der Waals surface area contributed by atoms with Gasteiger partial charge in [-0.15, -0.1) is 0 Å². The average Bonchev–Trinajstić information content (AvgIpc) is 2.81. The number of rotatable bonds is 4. The largest absolute Gasteiger partial charge is 0.461 e. The van der Waals surface area contributed by atoms with Gasteiger partial charge in [-0.2, -0.15) is 9.38 Å². The van der Waals surface area contributed by atoms with E-state index in [9.17, 15) is 19.7 Å². The molecule has 2 aromatic heterocycles. The van der Waals surface area contributed by atoms with Crippen molar-refractivity contribution in [3.63, 3.8) is 0 Å². The molecule has 0 radical (unpaired) electrons. The lowest BCUT2D eigenvalue weighted by Crippen LogP contribution is -2.09. The monoisotopic (exact) mass is 306 g/mol. The van der Waals surface area contributed by atoms with Crippen LogP contribution in [0, 0.1) is 17.0 Å². The van der Waals surface area contributed by atoms with Crippen molar-refractivity contribution in [3.8, 4) is 0 Å². The van der Waals surface area contributed by atoms with E-state index in [1.807, 2.05) is 0 Å². The van der Waals surface area contributed by atoms with Gasteiger partial charge in [-0.1, -0.05) is 0 Å². The standard InChI is InChI=1S/C13H14N4O5/c1-4-22-13(19)10-12(17(20)21)16-6-5-7(2)9(11(16)15-10)14-8(3)18/h5-6H,4H2,1-3H3,(H,14,18). The van der Waals surface area contributed by atoms with Crippen molar-refractivity contribution in [2.45, 2.75) is 20.8 Å². The number of carbonyl (C=O) groups is 2. The Balaban J connectivity index is 2.77. The van der Waals surface area contributed by atoms with Crippen molar-refractivity contribution >= 4 is 29.0 Å². The van der Waals surface area contributed by atoms with Gasteiger partial charge in [0.25, 0.3) is 5.65 Å². The molecule has 116 valence electrons. The van der Waals surface area contributed by atoms with Gasteiger partial charge >= 0.3 is 11.8 Å². The number of nitrogens with one attached hydrogen (secondary N) is 1. The van der Waals surface area contributed by atoms with Crippen LogP contribution in [0.3, 0.4) is 0 Å². The Bertz CT molecular complexity index is 780. The topological polar surface area (TPSA) is 116 Å². The van der Waals surface area contributed by atoms with Crippen molar-refractivity contribution in [2.75, 3.05) is 11.9 Å². The van der Waals surface area contributed by atoms with Crippen LogP contribution in [-0.4, -0.2) is 32.8 Å². The van der Waals surface area contributed by atoms with Gasteiger partial charge in [0, 0.05) is 6.92 Å². The van der Waals surface area contributed by atoms with Gasteiger partial charge in [0.1, 0.15) is 5.69 Å². The Hall–Kier alpha value is -2.97. The highest BCUT2D eigenvalue weighted by molar-refractivity contribution is 5.97. The van der Waals surface area contributed by atoms with Crippen LogP contribution in [0.4, 0.5) is 11.5 Å². The summed E-state index contributed by atoms with van der Waals surface area (Å²) in [6.45, 7) is 4.69. The molecule has 1 N–H and O–H groups in total. The third kappa shape index (κ3) is 2.60. The smallest absolute Gasteiger partial charge is 0.365 e. The Morgan fingerprint density at radius 1 is 1.50 bits per heavy atom. The molecular weight excluding hydrogens is 292 g/mol. The van der Waals surface area contributed by atoms with E-state index in [1.54, 1.807) is 19.9 Å². The SMILES string of the molecule is CCOC(=O)c1nc2c(NC(C)=O)c(C)ccn2c1[N+](=O)[O-]. The van der Waals surface area contributed by atoms with Crippen molar-refractivity contribution in [1.82, 2.24) is 9.38 Å². The first-order valence-electron chi connectivity index (χ1n) is 6.47. The summed E-state index contributed by atoms with van der Waals surface area (Å²) in [6, 6.07) is 1.59. The van der Waals surface area contributed by atoms with Gasteiger partial charge in [0.05, 0.1) is 12.8 Å². The highest BCUT2D eigenvalue weighted by atomic mass is 16.6. The summed E-state index contributed by atoms with van der Waals surface area (Å²) in [5, 5.41) is 13.8. The number of esters is 1. The molecule has 9 heteroatoms. The molecule has 0 aliphatic carbocycles. The zero-order chi connectivity index (χ0) is 16.4. The number of hydrogen-bond donors (Lipinski definition) is 1. The van der Waals surface area contributed by atoms with Crippen LogP contribution in [0.2, 0.25) is 0 Å². The van der Waals surface area contributed by atoms with E-state index >= 15 is 0 Å². The van der Waals surface area contributed by atoms with Crippen molar-refractivity contribution < 1.29 is 19.2 Å². The third-order valence-electron chi connectivity index (χ3n) is 2.92. The van der Waals surface area contributed by atoms with Crippen LogP contribution in [0.25, 0.3) is 5.65 Å². The number of hydrogen-bond acceptors (Lipinski definition) is 6. The average molecular weight is 306 g/mol. The van der Waals surface area contributed by atoms with Gasteiger partial charge in [0.15, 0.2) is 0 Å². The molecule has 2 rings (SSSR count). The maximum absolute atomic E-state index is 11.9. The maximum atomic E-state index is 11.9. The number of ether oxygens (including phenoxy) is 1. The minimum absolute atomic E-state index is 0.0709. The Kier molecular flexibility index (Phi) is 4.06. The molecule has 0 fully saturated rings. The molecule has 1 amide bonds. The number of fused-ring (bicyclic) bond motifs is 1. The zero-order valence-electron chi connectivity index (χ0n) is 12.2. The predicted molar refractivity (Wildman–Crippen MR) is 76.8 cm³/mol.